The number of rotatable bonds is 3. The number of primary amides is 1. The van der Waals surface area contributed by atoms with Gasteiger partial charge in [-0.2, -0.15) is 4.57 Å². The standard InChI is InChI=1S/C12H16N2O4/c13-12(18)7-2-1-3-14(5-7)9-4-8(6-15)10(16)11(9)17/h1-3,5,8-11,15-17H,4,6H2,(H-,13,18)/p+1/t8-,9+,10-,11+/m1/s1. The maximum Gasteiger partial charge on any atom is 0.254 e. The van der Waals surface area contributed by atoms with Crippen molar-refractivity contribution < 1.29 is 24.7 Å². The Balaban J connectivity index is 2.27. The van der Waals surface area contributed by atoms with Crippen molar-refractivity contribution in [1.82, 2.24) is 0 Å². The molecule has 98 valence electrons. The summed E-state index contributed by atoms with van der Waals surface area (Å²) in [6, 6.07) is 2.88. The first-order valence-corrected chi connectivity index (χ1v) is 5.82. The zero-order valence-electron chi connectivity index (χ0n) is 9.81. The Labute approximate surface area is 104 Å². The number of nitrogens with zero attached hydrogens (tertiary/aromatic N) is 1. The van der Waals surface area contributed by atoms with Gasteiger partial charge in [0.2, 0.25) is 0 Å². The molecule has 0 unspecified atom stereocenters. The number of hydrogen-bond donors (Lipinski definition) is 4. The van der Waals surface area contributed by atoms with Crippen LogP contribution in [0.25, 0.3) is 0 Å². The minimum absolute atomic E-state index is 0.176. The van der Waals surface area contributed by atoms with E-state index in [0.29, 0.717) is 12.0 Å². The molecule has 0 aliphatic heterocycles. The van der Waals surface area contributed by atoms with E-state index in [-0.39, 0.29) is 18.6 Å². The Hall–Kier alpha value is -1.50. The van der Waals surface area contributed by atoms with E-state index in [2.05, 4.69) is 0 Å². The van der Waals surface area contributed by atoms with Crippen molar-refractivity contribution in [2.75, 3.05) is 6.61 Å². The van der Waals surface area contributed by atoms with Gasteiger partial charge in [0.15, 0.2) is 18.4 Å². The number of pyridine rings is 1. The maximum atomic E-state index is 11.1. The van der Waals surface area contributed by atoms with E-state index in [1.807, 2.05) is 0 Å². The highest BCUT2D eigenvalue weighted by Crippen LogP contribution is 2.31. The highest BCUT2D eigenvalue weighted by Gasteiger charge is 2.46. The number of amides is 1. The molecule has 1 fully saturated rings. The smallest absolute Gasteiger partial charge is 0.254 e. The van der Waals surface area contributed by atoms with Gasteiger partial charge in [-0.1, -0.05) is 0 Å². The lowest BCUT2D eigenvalue weighted by Crippen LogP contribution is -2.45. The molecular weight excluding hydrogens is 236 g/mol. The SMILES string of the molecule is NC(=O)c1ccc[n+]([C@H]2C[C@H](CO)[C@@H](O)[C@H]2O)c1. The summed E-state index contributed by atoms with van der Waals surface area (Å²) in [4.78, 5) is 11.1. The van der Waals surface area contributed by atoms with E-state index in [4.69, 9.17) is 10.8 Å². The van der Waals surface area contributed by atoms with Crippen LogP contribution in [-0.2, 0) is 0 Å². The molecule has 4 atom stereocenters. The zero-order valence-corrected chi connectivity index (χ0v) is 9.81. The Morgan fingerprint density at radius 1 is 1.44 bits per heavy atom. The van der Waals surface area contributed by atoms with Crippen molar-refractivity contribution in [3.63, 3.8) is 0 Å². The molecule has 1 aliphatic rings. The quantitative estimate of drug-likeness (QED) is 0.484. The fourth-order valence-corrected chi connectivity index (χ4v) is 2.42. The molecule has 0 spiro atoms. The first-order chi connectivity index (χ1) is 8.54. The van der Waals surface area contributed by atoms with Gasteiger partial charge in [0.05, 0.1) is 6.10 Å². The summed E-state index contributed by atoms with van der Waals surface area (Å²) in [6.07, 6.45) is 1.78. The lowest BCUT2D eigenvalue weighted by Gasteiger charge is -2.13. The molecule has 0 saturated heterocycles. The van der Waals surface area contributed by atoms with E-state index >= 15 is 0 Å². The van der Waals surface area contributed by atoms with E-state index in [9.17, 15) is 15.0 Å². The van der Waals surface area contributed by atoms with Crippen LogP contribution in [0.5, 0.6) is 0 Å². The van der Waals surface area contributed by atoms with Crippen LogP contribution in [0, 0.1) is 5.92 Å². The van der Waals surface area contributed by atoms with E-state index < -0.39 is 18.1 Å². The minimum Gasteiger partial charge on any atom is -0.396 e. The van der Waals surface area contributed by atoms with Crippen molar-refractivity contribution in [1.29, 1.82) is 0 Å². The zero-order chi connectivity index (χ0) is 13.3. The number of carbonyl (C=O) groups excluding carboxylic acids is 1. The van der Waals surface area contributed by atoms with E-state index in [0.717, 1.165) is 0 Å². The van der Waals surface area contributed by atoms with Crippen LogP contribution >= 0.6 is 0 Å². The van der Waals surface area contributed by atoms with Gasteiger partial charge in [-0.25, -0.2) is 0 Å². The van der Waals surface area contributed by atoms with E-state index in [1.165, 1.54) is 0 Å². The molecule has 1 heterocycles. The van der Waals surface area contributed by atoms with Crippen molar-refractivity contribution in [2.24, 2.45) is 11.7 Å². The second-order valence-corrected chi connectivity index (χ2v) is 4.63. The van der Waals surface area contributed by atoms with Crippen LogP contribution in [-0.4, -0.2) is 40.0 Å². The van der Waals surface area contributed by atoms with Gasteiger partial charge >= 0.3 is 0 Å². The molecule has 6 nitrogen and oxygen atoms in total. The van der Waals surface area contributed by atoms with Crippen molar-refractivity contribution >= 4 is 5.91 Å². The summed E-state index contributed by atoms with van der Waals surface area (Å²) in [5.41, 5.74) is 5.53. The van der Waals surface area contributed by atoms with Gasteiger partial charge in [0, 0.05) is 25.0 Å². The molecule has 1 aromatic rings. The summed E-state index contributed by atoms with van der Waals surface area (Å²) in [7, 11) is 0. The fourth-order valence-electron chi connectivity index (χ4n) is 2.42. The number of aliphatic hydroxyl groups excluding tert-OH is 3. The highest BCUT2D eigenvalue weighted by molar-refractivity contribution is 5.92. The molecule has 0 radical (unpaired) electrons. The monoisotopic (exact) mass is 253 g/mol. The fraction of sp³-hybridized carbons (Fsp3) is 0.500. The Morgan fingerprint density at radius 2 is 2.17 bits per heavy atom. The Bertz CT molecular complexity index is 451. The largest absolute Gasteiger partial charge is 0.396 e. The lowest BCUT2D eigenvalue weighted by molar-refractivity contribution is -0.728. The van der Waals surface area contributed by atoms with Gasteiger partial charge in [-0.05, 0) is 6.07 Å². The van der Waals surface area contributed by atoms with Gasteiger partial charge in [0.1, 0.15) is 11.7 Å². The molecule has 6 heteroatoms. The third kappa shape index (κ3) is 2.22. The summed E-state index contributed by atoms with van der Waals surface area (Å²) >= 11 is 0. The molecule has 1 aliphatic carbocycles. The van der Waals surface area contributed by atoms with Gasteiger partial charge in [0.25, 0.3) is 5.91 Å². The van der Waals surface area contributed by atoms with Crippen molar-refractivity contribution in [3.8, 4) is 0 Å². The average molecular weight is 253 g/mol. The molecule has 1 saturated carbocycles. The molecule has 0 bridgehead atoms. The van der Waals surface area contributed by atoms with Gasteiger partial charge in [-0.15, -0.1) is 0 Å². The molecule has 0 aromatic carbocycles. The second-order valence-electron chi connectivity index (χ2n) is 4.63. The molecule has 1 aromatic heterocycles. The summed E-state index contributed by atoms with van der Waals surface area (Å²) < 4.78 is 1.66. The van der Waals surface area contributed by atoms with Crippen molar-refractivity contribution in [3.05, 3.63) is 30.1 Å². The van der Waals surface area contributed by atoms with Crippen LogP contribution in [0.4, 0.5) is 0 Å². The number of aliphatic hydroxyl groups is 3. The third-order valence-electron chi connectivity index (χ3n) is 3.50. The van der Waals surface area contributed by atoms with Gasteiger partial charge in [-0.3, -0.25) is 4.79 Å². The van der Waals surface area contributed by atoms with Crippen molar-refractivity contribution in [2.45, 2.75) is 24.7 Å². The molecular formula is C12H17N2O4+. The number of nitrogens with two attached hydrogens (primary N) is 1. The topological polar surface area (TPSA) is 108 Å². The van der Waals surface area contributed by atoms with Crippen LogP contribution in [0.15, 0.2) is 24.5 Å². The third-order valence-corrected chi connectivity index (χ3v) is 3.50. The normalized spacial score (nSPS) is 31.5. The number of aromatic nitrogens is 1. The first-order valence-electron chi connectivity index (χ1n) is 5.82. The lowest BCUT2D eigenvalue weighted by atomic mass is 10.1. The van der Waals surface area contributed by atoms with Gasteiger partial charge < -0.3 is 21.1 Å². The van der Waals surface area contributed by atoms with Crippen LogP contribution in [0.1, 0.15) is 22.8 Å². The predicted octanol–water partition coefficient (Wildman–Crippen LogP) is -1.65. The van der Waals surface area contributed by atoms with E-state index in [1.54, 1.807) is 29.1 Å². The second kappa shape index (κ2) is 5.01. The number of hydrogen-bond acceptors (Lipinski definition) is 4. The summed E-state index contributed by atoms with van der Waals surface area (Å²) in [6.45, 7) is -0.176. The average Bonchev–Trinajstić information content (AvgIpc) is 2.66. The minimum atomic E-state index is -0.963. The van der Waals surface area contributed by atoms with Crippen LogP contribution < -0.4 is 10.3 Å². The molecule has 2 rings (SSSR count). The molecule has 1 amide bonds. The van der Waals surface area contributed by atoms with Crippen LogP contribution in [0.2, 0.25) is 0 Å². The highest BCUT2D eigenvalue weighted by atomic mass is 16.3. The number of carbonyl (C=O) groups is 1. The summed E-state index contributed by atoms with van der Waals surface area (Å²) in [5, 5.41) is 28.8. The predicted molar refractivity (Wildman–Crippen MR) is 61.4 cm³/mol. The van der Waals surface area contributed by atoms with Crippen LogP contribution in [0.3, 0.4) is 0 Å². The maximum absolute atomic E-state index is 11.1. The first kappa shape index (κ1) is 12.9. The Kier molecular flexibility index (Phi) is 3.60. The summed E-state index contributed by atoms with van der Waals surface area (Å²) in [5.74, 6) is -0.897. The Morgan fingerprint density at radius 3 is 2.72 bits per heavy atom. The molecule has 18 heavy (non-hydrogen) atoms. The molecule has 5 N–H and O–H groups in total.